The highest BCUT2D eigenvalue weighted by Crippen LogP contribution is 2.31. The second-order valence-corrected chi connectivity index (χ2v) is 6.39. The third kappa shape index (κ3) is 2.96. The zero-order valence-corrected chi connectivity index (χ0v) is 13.8. The van der Waals surface area contributed by atoms with Crippen LogP contribution in [0, 0.1) is 0 Å². The van der Waals surface area contributed by atoms with Crippen molar-refractivity contribution in [2.75, 3.05) is 11.9 Å². The van der Waals surface area contributed by atoms with E-state index in [0.29, 0.717) is 17.7 Å². The van der Waals surface area contributed by atoms with Crippen LogP contribution in [-0.2, 0) is 11.2 Å². The van der Waals surface area contributed by atoms with Crippen LogP contribution in [-0.4, -0.2) is 44.4 Å². The molecule has 124 valence electrons. The van der Waals surface area contributed by atoms with E-state index < -0.39 is 0 Å². The Morgan fingerprint density at radius 2 is 2.12 bits per heavy atom. The number of likely N-dealkylation sites (tertiary alicyclic amines) is 1. The number of nitrogens with zero attached hydrogens (tertiary/aromatic N) is 4. The van der Waals surface area contributed by atoms with Gasteiger partial charge in [0.1, 0.15) is 17.6 Å². The minimum Gasteiger partial charge on any atom is -0.358 e. The Bertz CT molecular complexity index is 744. The third-order valence-corrected chi connectivity index (χ3v) is 4.59. The number of carbonyl (C=O) groups is 1. The highest BCUT2D eigenvalue weighted by Gasteiger charge is 2.40. The van der Waals surface area contributed by atoms with Crippen LogP contribution in [0.2, 0.25) is 0 Å². The predicted octanol–water partition coefficient (Wildman–Crippen LogP) is 2.28. The van der Waals surface area contributed by atoms with Gasteiger partial charge in [-0.3, -0.25) is 9.78 Å². The van der Waals surface area contributed by atoms with E-state index in [-0.39, 0.29) is 11.9 Å². The zero-order chi connectivity index (χ0) is 16.5. The van der Waals surface area contributed by atoms with Crippen LogP contribution in [0.1, 0.15) is 31.9 Å². The summed E-state index contributed by atoms with van der Waals surface area (Å²) in [6.07, 6.45) is 5.67. The molecule has 2 aromatic heterocycles. The SMILES string of the molecule is CCc1cc(N[C@H]2CCN(C3CC3)C2=O)nc(-c2ccccn2)n1. The number of hydrogen-bond donors (Lipinski definition) is 1. The van der Waals surface area contributed by atoms with Crippen molar-refractivity contribution < 1.29 is 4.79 Å². The number of rotatable bonds is 5. The summed E-state index contributed by atoms with van der Waals surface area (Å²) in [7, 11) is 0. The molecule has 1 aliphatic carbocycles. The van der Waals surface area contributed by atoms with Crippen LogP contribution in [0.15, 0.2) is 30.5 Å². The number of carbonyl (C=O) groups excluding carboxylic acids is 1. The van der Waals surface area contributed by atoms with Crippen molar-refractivity contribution in [1.29, 1.82) is 0 Å². The van der Waals surface area contributed by atoms with E-state index in [4.69, 9.17) is 0 Å². The van der Waals surface area contributed by atoms with Crippen LogP contribution in [0.3, 0.4) is 0 Å². The Morgan fingerprint density at radius 1 is 1.25 bits per heavy atom. The molecule has 2 fully saturated rings. The van der Waals surface area contributed by atoms with E-state index >= 15 is 0 Å². The van der Waals surface area contributed by atoms with Gasteiger partial charge in [-0.2, -0.15) is 0 Å². The Morgan fingerprint density at radius 3 is 2.83 bits per heavy atom. The van der Waals surface area contributed by atoms with Crippen molar-refractivity contribution in [2.45, 2.75) is 44.7 Å². The quantitative estimate of drug-likeness (QED) is 0.914. The lowest BCUT2D eigenvalue weighted by molar-refractivity contribution is -0.128. The largest absolute Gasteiger partial charge is 0.358 e. The van der Waals surface area contributed by atoms with Gasteiger partial charge in [-0.05, 0) is 37.8 Å². The molecule has 1 saturated carbocycles. The van der Waals surface area contributed by atoms with Gasteiger partial charge in [0, 0.05) is 30.5 Å². The lowest BCUT2D eigenvalue weighted by Gasteiger charge is -2.17. The molecule has 0 radical (unpaired) electrons. The maximum Gasteiger partial charge on any atom is 0.245 e. The van der Waals surface area contributed by atoms with Crippen molar-refractivity contribution in [3.05, 3.63) is 36.2 Å². The number of nitrogens with one attached hydrogen (secondary N) is 1. The summed E-state index contributed by atoms with van der Waals surface area (Å²) >= 11 is 0. The number of amides is 1. The van der Waals surface area contributed by atoms with Crippen LogP contribution in [0.4, 0.5) is 5.82 Å². The molecule has 1 atom stereocenters. The van der Waals surface area contributed by atoms with E-state index in [2.05, 4.69) is 27.2 Å². The summed E-state index contributed by atoms with van der Waals surface area (Å²) in [6.45, 7) is 2.91. The standard InChI is InChI=1S/C18H21N5O/c1-2-12-11-16(22-17(20-12)14-5-3-4-9-19-14)21-15-8-10-23(18(15)24)13-6-7-13/h3-5,9,11,13,15H,2,6-8,10H2,1H3,(H,20,21,22)/t15-/m0/s1. The fraction of sp³-hybridized carbons (Fsp3) is 0.444. The number of hydrogen-bond acceptors (Lipinski definition) is 5. The molecule has 1 saturated heterocycles. The van der Waals surface area contributed by atoms with Gasteiger partial charge in [0.15, 0.2) is 5.82 Å². The van der Waals surface area contributed by atoms with Gasteiger partial charge in [-0.15, -0.1) is 0 Å². The smallest absolute Gasteiger partial charge is 0.245 e. The Balaban J connectivity index is 1.57. The third-order valence-electron chi connectivity index (χ3n) is 4.59. The first-order valence-electron chi connectivity index (χ1n) is 8.61. The molecule has 1 aliphatic heterocycles. The van der Waals surface area contributed by atoms with Gasteiger partial charge < -0.3 is 10.2 Å². The van der Waals surface area contributed by atoms with E-state index in [1.165, 1.54) is 0 Å². The minimum absolute atomic E-state index is 0.179. The molecule has 0 unspecified atom stereocenters. The first-order chi connectivity index (χ1) is 11.7. The number of anilines is 1. The maximum atomic E-state index is 12.5. The summed E-state index contributed by atoms with van der Waals surface area (Å²) in [5.74, 6) is 1.51. The molecule has 1 N–H and O–H groups in total. The lowest BCUT2D eigenvalue weighted by atomic mass is 10.2. The van der Waals surface area contributed by atoms with Gasteiger partial charge in [-0.1, -0.05) is 13.0 Å². The summed E-state index contributed by atoms with van der Waals surface area (Å²) in [4.78, 5) is 28.0. The second kappa shape index (κ2) is 6.19. The molecule has 0 spiro atoms. The second-order valence-electron chi connectivity index (χ2n) is 6.39. The number of pyridine rings is 1. The molecule has 0 aromatic carbocycles. The van der Waals surface area contributed by atoms with Crippen molar-refractivity contribution in [3.8, 4) is 11.5 Å². The molecule has 0 bridgehead atoms. The van der Waals surface area contributed by atoms with E-state index in [9.17, 15) is 4.79 Å². The molecule has 1 amide bonds. The van der Waals surface area contributed by atoms with Crippen LogP contribution >= 0.6 is 0 Å². The zero-order valence-electron chi connectivity index (χ0n) is 13.8. The van der Waals surface area contributed by atoms with Gasteiger partial charge in [-0.25, -0.2) is 9.97 Å². The highest BCUT2D eigenvalue weighted by molar-refractivity contribution is 5.87. The predicted molar refractivity (Wildman–Crippen MR) is 91.4 cm³/mol. The summed E-state index contributed by atoms with van der Waals surface area (Å²) < 4.78 is 0. The van der Waals surface area contributed by atoms with E-state index in [0.717, 1.165) is 43.6 Å². The van der Waals surface area contributed by atoms with E-state index in [1.807, 2.05) is 29.2 Å². The van der Waals surface area contributed by atoms with E-state index in [1.54, 1.807) is 6.20 Å². The Hall–Kier alpha value is -2.50. The summed E-state index contributed by atoms with van der Waals surface area (Å²) in [5.41, 5.74) is 1.69. The molecule has 2 aromatic rings. The molecule has 2 aliphatic rings. The van der Waals surface area contributed by atoms with Crippen molar-refractivity contribution >= 4 is 11.7 Å². The van der Waals surface area contributed by atoms with Crippen LogP contribution in [0.25, 0.3) is 11.5 Å². The minimum atomic E-state index is -0.179. The van der Waals surface area contributed by atoms with Gasteiger partial charge in [0.05, 0.1) is 0 Å². The fourth-order valence-electron chi connectivity index (χ4n) is 3.13. The number of aryl methyl sites for hydroxylation is 1. The Kier molecular flexibility index (Phi) is 3.88. The van der Waals surface area contributed by atoms with Crippen LogP contribution in [0.5, 0.6) is 0 Å². The lowest BCUT2D eigenvalue weighted by Crippen LogP contribution is -2.35. The van der Waals surface area contributed by atoms with Crippen molar-refractivity contribution in [3.63, 3.8) is 0 Å². The average Bonchev–Trinajstić information content (AvgIpc) is 3.40. The van der Waals surface area contributed by atoms with Crippen LogP contribution < -0.4 is 5.32 Å². The van der Waals surface area contributed by atoms with Crippen molar-refractivity contribution in [2.24, 2.45) is 0 Å². The molecular weight excluding hydrogens is 302 g/mol. The highest BCUT2D eigenvalue weighted by atomic mass is 16.2. The van der Waals surface area contributed by atoms with Gasteiger partial charge in [0.25, 0.3) is 0 Å². The maximum absolute atomic E-state index is 12.5. The van der Waals surface area contributed by atoms with Crippen molar-refractivity contribution in [1.82, 2.24) is 19.9 Å². The molecule has 6 nitrogen and oxygen atoms in total. The fourth-order valence-corrected chi connectivity index (χ4v) is 3.13. The molecule has 4 rings (SSSR count). The molecule has 6 heteroatoms. The first kappa shape index (κ1) is 15.1. The Labute approximate surface area is 141 Å². The summed E-state index contributed by atoms with van der Waals surface area (Å²) in [5, 5.41) is 3.32. The normalized spacial score (nSPS) is 20.5. The number of aromatic nitrogens is 3. The van der Waals surface area contributed by atoms with Gasteiger partial charge in [0.2, 0.25) is 5.91 Å². The van der Waals surface area contributed by atoms with Gasteiger partial charge >= 0.3 is 0 Å². The topological polar surface area (TPSA) is 71.0 Å². The first-order valence-corrected chi connectivity index (χ1v) is 8.61. The average molecular weight is 323 g/mol. The molecule has 3 heterocycles. The molecular formula is C18H21N5O. The summed E-state index contributed by atoms with van der Waals surface area (Å²) in [6, 6.07) is 7.92. The molecule has 24 heavy (non-hydrogen) atoms. The monoisotopic (exact) mass is 323 g/mol.